The van der Waals surface area contributed by atoms with Crippen LogP contribution in [0.2, 0.25) is 0 Å². The molecule has 0 fully saturated rings. The Morgan fingerprint density at radius 2 is 1.81 bits per heavy atom. The van der Waals surface area contributed by atoms with Gasteiger partial charge in [-0.25, -0.2) is 9.37 Å². The minimum absolute atomic E-state index is 0.0544. The summed E-state index contributed by atoms with van der Waals surface area (Å²) in [6.45, 7) is 3.31. The average Bonchev–Trinajstić information content (AvgIpc) is 3.15. The first kappa shape index (κ1) is 21.1. The minimum Gasteiger partial charge on any atom is -0.352 e. The van der Waals surface area contributed by atoms with E-state index in [1.165, 1.54) is 12.1 Å². The van der Waals surface area contributed by atoms with Gasteiger partial charge in [-0.05, 0) is 47.9 Å². The fraction of sp³-hybridized carbons (Fsp3) is 0.208. The smallest absolute Gasteiger partial charge is 0.251 e. The second kappa shape index (κ2) is 9.75. The number of thioether (sulfide) groups is 1. The van der Waals surface area contributed by atoms with Crippen LogP contribution in [0.3, 0.4) is 0 Å². The summed E-state index contributed by atoms with van der Waals surface area (Å²) in [5.74, 6) is 0.396. The van der Waals surface area contributed by atoms with Gasteiger partial charge in [-0.1, -0.05) is 43.0 Å². The molecule has 4 aromatic rings. The molecule has 0 bridgehead atoms. The number of halogens is 1. The Balaban J connectivity index is 1.55. The van der Waals surface area contributed by atoms with Crippen molar-refractivity contribution in [2.24, 2.45) is 0 Å². The van der Waals surface area contributed by atoms with E-state index in [4.69, 9.17) is 4.98 Å². The molecule has 0 atom stereocenters. The van der Waals surface area contributed by atoms with Crippen molar-refractivity contribution < 1.29 is 9.18 Å². The molecule has 0 saturated heterocycles. The molecule has 1 N–H and O–H groups in total. The molecule has 7 heteroatoms. The van der Waals surface area contributed by atoms with Gasteiger partial charge in [0.1, 0.15) is 5.82 Å². The molecule has 0 radical (unpaired) electrons. The van der Waals surface area contributed by atoms with Crippen LogP contribution < -0.4 is 5.32 Å². The quantitative estimate of drug-likeness (QED) is 0.394. The molecular formula is C24H23FN4OS. The van der Waals surface area contributed by atoms with E-state index in [0.717, 1.165) is 33.7 Å². The molecule has 2 heterocycles. The second-order valence-electron chi connectivity index (χ2n) is 7.21. The number of carbonyl (C=O) groups is 1. The van der Waals surface area contributed by atoms with E-state index in [1.54, 1.807) is 30.1 Å². The third kappa shape index (κ3) is 5.11. The number of imidazole rings is 1. The lowest BCUT2D eigenvalue weighted by molar-refractivity contribution is 0.0953. The number of amides is 1. The molecule has 0 spiro atoms. The molecule has 0 aliphatic rings. The molecular weight excluding hydrogens is 411 g/mol. The number of aromatic nitrogens is 3. The third-order valence-electron chi connectivity index (χ3n) is 4.89. The van der Waals surface area contributed by atoms with E-state index in [9.17, 15) is 9.18 Å². The molecule has 0 aliphatic heterocycles. The van der Waals surface area contributed by atoms with Crippen molar-refractivity contribution in [2.75, 3.05) is 6.54 Å². The van der Waals surface area contributed by atoms with Gasteiger partial charge in [-0.3, -0.25) is 9.78 Å². The van der Waals surface area contributed by atoms with Gasteiger partial charge in [-0.15, -0.1) is 0 Å². The van der Waals surface area contributed by atoms with Gasteiger partial charge in [0.2, 0.25) is 0 Å². The fourth-order valence-electron chi connectivity index (χ4n) is 3.22. The molecule has 1 amide bonds. The van der Waals surface area contributed by atoms with Crippen molar-refractivity contribution >= 4 is 28.7 Å². The number of hydrogen-bond donors (Lipinski definition) is 1. The van der Waals surface area contributed by atoms with Crippen LogP contribution in [-0.4, -0.2) is 27.0 Å². The Morgan fingerprint density at radius 3 is 2.55 bits per heavy atom. The van der Waals surface area contributed by atoms with Crippen LogP contribution in [0, 0.1) is 5.82 Å². The summed E-state index contributed by atoms with van der Waals surface area (Å²) in [4.78, 5) is 21.2. The lowest BCUT2D eigenvalue weighted by Gasteiger charge is -2.10. The number of benzene rings is 2. The number of nitrogens with zero attached hydrogens (tertiary/aromatic N) is 3. The van der Waals surface area contributed by atoms with Gasteiger partial charge in [0, 0.05) is 24.1 Å². The number of hydrogen-bond acceptors (Lipinski definition) is 4. The zero-order valence-corrected chi connectivity index (χ0v) is 18.0. The van der Waals surface area contributed by atoms with Crippen LogP contribution >= 0.6 is 11.8 Å². The normalized spacial score (nSPS) is 11.0. The maximum absolute atomic E-state index is 13.2. The molecule has 0 unspecified atom stereocenters. The van der Waals surface area contributed by atoms with Crippen LogP contribution in [0.25, 0.3) is 11.0 Å². The summed E-state index contributed by atoms with van der Waals surface area (Å²) in [5, 5.41) is 3.77. The number of carbonyl (C=O) groups excluding carboxylic acids is 1. The van der Waals surface area contributed by atoms with Crippen LogP contribution in [0.15, 0.2) is 72.1 Å². The number of rotatable bonds is 8. The number of pyridine rings is 1. The Hall–Kier alpha value is -3.19. The van der Waals surface area contributed by atoms with Crippen LogP contribution in [0.4, 0.5) is 4.39 Å². The van der Waals surface area contributed by atoms with Crippen molar-refractivity contribution in [1.29, 1.82) is 0 Å². The highest BCUT2D eigenvalue weighted by atomic mass is 32.2. The molecule has 2 aromatic heterocycles. The molecule has 5 nitrogen and oxygen atoms in total. The first-order valence-electron chi connectivity index (χ1n) is 10.2. The Morgan fingerprint density at radius 1 is 1.06 bits per heavy atom. The SMILES string of the molecule is CCCNC(=O)c1ccc(Cn2c(SCc3ccc(F)cc3)nc3ccncc32)cc1. The van der Waals surface area contributed by atoms with Crippen molar-refractivity contribution in [3.05, 3.63) is 89.5 Å². The first-order chi connectivity index (χ1) is 15.1. The van der Waals surface area contributed by atoms with E-state index in [2.05, 4.69) is 14.9 Å². The van der Waals surface area contributed by atoms with Gasteiger partial charge in [0.05, 0.1) is 23.8 Å². The highest BCUT2D eigenvalue weighted by molar-refractivity contribution is 7.98. The summed E-state index contributed by atoms with van der Waals surface area (Å²) in [7, 11) is 0. The molecule has 0 aliphatic carbocycles. The fourth-order valence-corrected chi connectivity index (χ4v) is 4.19. The lowest BCUT2D eigenvalue weighted by atomic mass is 10.1. The van der Waals surface area contributed by atoms with Gasteiger partial charge >= 0.3 is 0 Å². The van der Waals surface area contributed by atoms with Crippen LogP contribution in [-0.2, 0) is 12.3 Å². The van der Waals surface area contributed by atoms with E-state index in [1.807, 2.05) is 43.5 Å². The van der Waals surface area contributed by atoms with Gasteiger partial charge in [0.25, 0.3) is 5.91 Å². The maximum Gasteiger partial charge on any atom is 0.251 e. The van der Waals surface area contributed by atoms with Gasteiger partial charge < -0.3 is 9.88 Å². The second-order valence-corrected chi connectivity index (χ2v) is 8.16. The van der Waals surface area contributed by atoms with E-state index >= 15 is 0 Å². The Bertz CT molecular complexity index is 1170. The number of nitrogens with one attached hydrogen (secondary N) is 1. The standard InChI is InChI=1S/C24H23FN4OS/c1-2-12-27-23(30)19-7-3-17(4-8-19)15-29-22-14-26-13-11-21(22)28-24(29)31-16-18-5-9-20(25)10-6-18/h3-11,13-14H,2,12,15-16H2,1H3,(H,27,30). The average molecular weight is 435 g/mol. The Labute approximate surface area is 184 Å². The van der Waals surface area contributed by atoms with E-state index < -0.39 is 0 Å². The van der Waals surface area contributed by atoms with Crippen molar-refractivity contribution in [1.82, 2.24) is 19.9 Å². The summed E-state index contributed by atoms with van der Waals surface area (Å²) >= 11 is 1.61. The van der Waals surface area contributed by atoms with Crippen molar-refractivity contribution in [3.63, 3.8) is 0 Å². The topological polar surface area (TPSA) is 59.8 Å². The molecule has 31 heavy (non-hydrogen) atoms. The summed E-state index contributed by atoms with van der Waals surface area (Å²) in [6, 6.07) is 16.1. The van der Waals surface area contributed by atoms with E-state index in [0.29, 0.717) is 24.4 Å². The third-order valence-corrected chi connectivity index (χ3v) is 5.94. The number of fused-ring (bicyclic) bond motifs is 1. The van der Waals surface area contributed by atoms with E-state index in [-0.39, 0.29) is 11.7 Å². The molecule has 158 valence electrons. The molecule has 0 saturated carbocycles. The van der Waals surface area contributed by atoms with Crippen molar-refractivity contribution in [2.45, 2.75) is 30.8 Å². The van der Waals surface area contributed by atoms with Crippen LogP contribution in [0.1, 0.15) is 34.8 Å². The zero-order valence-electron chi connectivity index (χ0n) is 17.2. The molecule has 2 aromatic carbocycles. The maximum atomic E-state index is 13.2. The molecule has 4 rings (SSSR count). The van der Waals surface area contributed by atoms with Crippen molar-refractivity contribution in [3.8, 4) is 0 Å². The van der Waals surface area contributed by atoms with Crippen LogP contribution in [0.5, 0.6) is 0 Å². The highest BCUT2D eigenvalue weighted by Gasteiger charge is 2.13. The lowest BCUT2D eigenvalue weighted by Crippen LogP contribution is -2.23. The summed E-state index contributed by atoms with van der Waals surface area (Å²) in [5.41, 5.74) is 4.59. The largest absolute Gasteiger partial charge is 0.352 e. The first-order valence-corrected chi connectivity index (χ1v) is 11.2. The monoisotopic (exact) mass is 434 g/mol. The highest BCUT2D eigenvalue weighted by Crippen LogP contribution is 2.27. The summed E-state index contributed by atoms with van der Waals surface area (Å²) in [6.07, 6.45) is 4.46. The predicted octanol–water partition coefficient (Wildman–Crippen LogP) is 5.05. The van der Waals surface area contributed by atoms with Gasteiger partial charge in [0.15, 0.2) is 5.16 Å². The summed E-state index contributed by atoms with van der Waals surface area (Å²) < 4.78 is 15.3. The minimum atomic E-state index is -0.237. The predicted molar refractivity (Wildman–Crippen MR) is 122 cm³/mol. The van der Waals surface area contributed by atoms with Gasteiger partial charge in [-0.2, -0.15) is 0 Å². The zero-order chi connectivity index (χ0) is 21.6. The Kier molecular flexibility index (Phi) is 6.62.